The van der Waals surface area contributed by atoms with Gasteiger partial charge in [0.2, 0.25) is 5.91 Å². The first kappa shape index (κ1) is 16.6. The van der Waals surface area contributed by atoms with Crippen molar-refractivity contribution in [3.63, 3.8) is 0 Å². The van der Waals surface area contributed by atoms with Crippen LogP contribution in [0.25, 0.3) is 0 Å². The number of benzene rings is 1. The van der Waals surface area contributed by atoms with E-state index in [1.165, 1.54) is 0 Å². The molecule has 1 aliphatic heterocycles. The standard InChI is InChI=1S/C14H20N2O3.ClH/c1-9-7-12(18-2)13(19-3)8-11(9)16-14(17)10-5-4-6-15-10;/h7-8,10,15H,4-6H2,1-3H3,(H,16,17);1H/t10-;/m0./s1. The van der Waals surface area contributed by atoms with Crippen molar-refractivity contribution in [1.82, 2.24) is 5.32 Å². The summed E-state index contributed by atoms with van der Waals surface area (Å²) in [6.45, 7) is 2.84. The molecule has 2 N–H and O–H groups in total. The van der Waals surface area contributed by atoms with Crippen LogP contribution in [0.15, 0.2) is 12.1 Å². The molecule has 6 heteroatoms. The van der Waals surface area contributed by atoms with Crippen LogP contribution in [0.4, 0.5) is 5.69 Å². The Kier molecular flexibility index (Phi) is 6.10. The lowest BCUT2D eigenvalue weighted by atomic mass is 10.1. The van der Waals surface area contributed by atoms with E-state index in [0.29, 0.717) is 11.5 Å². The maximum absolute atomic E-state index is 12.1. The van der Waals surface area contributed by atoms with E-state index < -0.39 is 0 Å². The molecule has 0 unspecified atom stereocenters. The topological polar surface area (TPSA) is 59.6 Å². The molecule has 1 fully saturated rings. The van der Waals surface area contributed by atoms with Crippen molar-refractivity contribution in [2.75, 3.05) is 26.1 Å². The second-order valence-corrected chi connectivity index (χ2v) is 4.66. The van der Waals surface area contributed by atoms with Gasteiger partial charge in [0.25, 0.3) is 0 Å². The molecule has 0 bridgehead atoms. The summed E-state index contributed by atoms with van der Waals surface area (Å²) in [5.74, 6) is 1.28. The molecule has 1 atom stereocenters. The van der Waals surface area contributed by atoms with E-state index in [1.807, 2.05) is 13.0 Å². The van der Waals surface area contributed by atoms with E-state index in [-0.39, 0.29) is 24.4 Å². The molecule has 1 heterocycles. The lowest BCUT2D eigenvalue weighted by Gasteiger charge is -2.15. The minimum absolute atomic E-state index is 0. The Hall–Kier alpha value is -1.46. The number of hydrogen-bond acceptors (Lipinski definition) is 4. The Bertz CT molecular complexity index is 474. The first-order valence-corrected chi connectivity index (χ1v) is 6.42. The van der Waals surface area contributed by atoms with E-state index in [4.69, 9.17) is 9.47 Å². The summed E-state index contributed by atoms with van der Waals surface area (Å²) in [4.78, 5) is 12.1. The molecule has 1 amide bonds. The molecule has 20 heavy (non-hydrogen) atoms. The number of carbonyl (C=O) groups is 1. The van der Waals surface area contributed by atoms with Gasteiger partial charge in [-0.25, -0.2) is 0 Å². The third-order valence-corrected chi connectivity index (χ3v) is 3.37. The van der Waals surface area contributed by atoms with E-state index in [0.717, 1.165) is 30.6 Å². The zero-order chi connectivity index (χ0) is 13.8. The van der Waals surface area contributed by atoms with Crippen LogP contribution in [0.3, 0.4) is 0 Å². The molecule has 5 nitrogen and oxygen atoms in total. The van der Waals surface area contributed by atoms with Crippen LogP contribution in [-0.4, -0.2) is 32.7 Å². The molecule has 1 saturated heterocycles. The van der Waals surface area contributed by atoms with Gasteiger partial charge in [0.1, 0.15) is 0 Å². The lowest BCUT2D eigenvalue weighted by molar-refractivity contribution is -0.117. The van der Waals surface area contributed by atoms with Crippen LogP contribution in [-0.2, 0) is 4.79 Å². The average molecular weight is 301 g/mol. The van der Waals surface area contributed by atoms with Crippen molar-refractivity contribution >= 4 is 24.0 Å². The van der Waals surface area contributed by atoms with Crippen LogP contribution >= 0.6 is 12.4 Å². The maximum Gasteiger partial charge on any atom is 0.241 e. The zero-order valence-corrected chi connectivity index (χ0v) is 12.8. The molecule has 1 aliphatic rings. The predicted octanol–water partition coefficient (Wildman–Crippen LogP) is 2.12. The van der Waals surface area contributed by atoms with Crippen molar-refractivity contribution in [1.29, 1.82) is 0 Å². The largest absolute Gasteiger partial charge is 0.493 e. The second kappa shape index (κ2) is 7.36. The molecule has 112 valence electrons. The fraction of sp³-hybridized carbons (Fsp3) is 0.500. The van der Waals surface area contributed by atoms with E-state index >= 15 is 0 Å². The monoisotopic (exact) mass is 300 g/mol. The smallest absolute Gasteiger partial charge is 0.241 e. The lowest BCUT2D eigenvalue weighted by Crippen LogP contribution is -2.35. The minimum Gasteiger partial charge on any atom is -0.493 e. The summed E-state index contributed by atoms with van der Waals surface area (Å²) < 4.78 is 10.5. The number of carbonyl (C=O) groups excluding carboxylic acids is 1. The van der Waals surface area contributed by atoms with Gasteiger partial charge in [-0.2, -0.15) is 0 Å². The Morgan fingerprint density at radius 2 is 1.95 bits per heavy atom. The number of hydrogen-bond donors (Lipinski definition) is 2. The van der Waals surface area contributed by atoms with Crippen LogP contribution in [0.2, 0.25) is 0 Å². The summed E-state index contributed by atoms with van der Waals surface area (Å²) in [6, 6.07) is 3.56. The molecule has 0 aromatic heterocycles. The summed E-state index contributed by atoms with van der Waals surface area (Å²) in [5.41, 5.74) is 1.71. The van der Waals surface area contributed by atoms with Crippen molar-refractivity contribution in [2.24, 2.45) is 0 Å². The number of rotatable bonds is 4. The summed E-state index contributed by atoms with van der Waals surface area (Å²) in [5, 5.41) is 6.12. The van der Waals surface area contributed by atoms with Crippen molar-refractivity contribution < 1.29 is 14.3 Å². The van der Waals surface area contributed by atoms with Gasteiger partial charge in [-0.3, -0.25) is 4.79 Å². The van der Waals surface area contributed by atoms with Crippen LogP contribution in [0, 0.1) is 6.92 Å². The Labute approximate surface area is 125 Å². The number of halogens is 1. The van der Waals surface area contributed by atoms with Crippen LogP contribution < -0.4 is 20.1 Å². The summed E-state index contributed by atoms with van der Waals surface area (Å²) in [7, 11) is 3.18. The highest BCUT2D eigenvalue weighted by atomic mass is 35.5. The molecule has 0 aliphatic carbocycles. The van der Waals surface area contributed by atoms with Gasteiger partial charge in [0.15, 0.2) is 11.5 Å². The first-order valence-electron chi connectivity index (χ1n) is 6.42. The molecule has 1 aromatic carbocycles. The van der Waals surface area contributed by atoms with Gasteiger partial charge in [0, 0.05) is 11.8 Å². The SMILES string of the molecule is COc1cc(C)c(NC(=O)[C@@H]2CCCN2)cc1OC.Cl. The minimum atomic E-state index is -0.0903. The molecular formula is C14H21ClN2O3. The van der Waals surface area contributed by atoms with Gasteiger partial charge in [-0.05, 0) is 37.9 Å². The quantitative estimate of drug-likeness (QED) is 0.894. The van der Waals surface area contributed by atoms with E-state index in [2.05, 4.69) is 10.6 Å². The first-order chi connectivity index (χ1) is 9.15. The Morgan fingerprint density at radius 3 is 2.50 bits per heavy atom. The highest BCUT2D eigenvalue weighted by Crippen LogP contribution is 2.33. The summed E-state index contributed by atoms with van der Waals surface area (Å²) >= 11 is 0. The average Bonchev–Trinajstić information content (AvgIpc) is 2.94. The molecule has 0 spiro atoms. The Morgan fingerprint density at radius 1 is 1.30 bits per heavy atom. The van der Waals surface area contributed by atoms with E-state index in [9.17, 15) is 4.79 Å². The highest BCUT2D eigenvalue weighted by Gasteiger charge is 2.22. The molecule has 1 aromatic rings. The van der Waals surface area contributed by atoms with Gasteiger partial charge < -0.3 is 20.1 Å². The van der Waals surface area contributed by atoms with Crippen LogP contribution in [0.5, 0.6) is 11.5 Å². The van der Waals surface area contributed by atoms with Crippen molar-refractivity contribution in [2.45, 2.75) is 25.8 Å². The number of aryl methyl sites for hydroxylation is 1. The molecule has 0 radical (unpaired) electrons. The van der Waals surface area contributed by atoms with Gasteiger partial charge in [-0.15, -0.1) is 12.4 Å². The van der Waals surface area contributed by atoms with Crippen LogP contribution in [0.1, 0.15) is 18.4 Å². The third-order valence-electron chi connectivity index (χ3n) is 3.37. The number of nitrogens with one attached hydrogen (secondary N) is 2. The molecular weight excluding hydrogens is 280 g/mol. The fourth-order valence-electron chi connectivity index (χ4n) is 2.24. The van der Waals surface area contributed by atoms with Crippen molar-refractivity contribution in [3.8, 4) is 11.5 Å². The number of anilines is 1. The third kappa shape index (κ3) is 3.55. The maximum atomic E-state index is 12.1. The number of methoxy groups -OCH3 is 2. The predicted molar refractivity (Wildman–Crippen MR) is 81.2 cm³/mol. The number of amides is 1. The normalized spacial score (nSPS) is 17.2. The Balaban J connectivity index is 0.00000200. The van der Waals surface area contributed by atoms with Gasteiger partial charge >= 0.3 is 0 Å². The molecule has 0 saturated carbocycles. The summed E-state index contributed by atoms with van der Waals surface area (Å²) in [6.07, 6.45) is 1.93. The highest BCUT2D eigenvalue weighted by molar-refractivity contribution is 5.96. The zero-order valence-electron chi connectivity index (χ0n) is 12.0. The molecule has 2 rings (SSSR count). The fourth-order valence-corrected chi connectivity index (χ4v) is 2.24. The van der Waals surface area contributed by atoms with E-state index in [1.54, 1.807) is 20.3 Å². The van der Waals surface area contributed by atoms with Gasteiger partial charge in [-0.1, -0.05) is 0 Å². The van der Waals surface area contributed by atoms with Crippen molar-refractivity contribution in [3.05, 3.63) is 17.7 Å². The number of ether oxygens (including phenoxy) is 2. The second-order valence-electron chi connectivity index (χ2n) is 4.66. The van der Waals surface area contributed by atoms with Gasteiger partial charge in [0.05, 0.1) is 20.3 Å².